The molecule has 0 saturated heterocycles. The number of nitrogens with one attached hydrogen (secondary N) is 1. The monoisotopic (exact) mass is 344 g/mol. The number of anilines is 1. The van der Waals surface area contributed by atoms with Crippen molar-refractivity contribution in [2.75, 3.05) is 11.1 Å². The van der Waals surface area contributed by atoms with Gasteiger partial charge in [-0.1, -0.05) is 11.8 Å². The summed E-state index contributed by atoms with van der Waals surface area (Å²) in [4.78, 5) is 20.1. The van der Waals surface area contributed by atoms with Crippen LogP contribution in [-0.4, -0.2) is 36.4 Å². The number of hydrogen-bond donors (Lipinski definition) is 1. The zero-order valence-electron chi connectivity index (χ0n) is 12.7. The fraction of sp³-hybridized carbons (Fsp3) is 0.133. The average Bonchev–Trinajstić information content (AvgIpc) is 2.97. The van der Waals surface area contributed by atoms with E-state index in [4.69, 9.17) is 0 Å². The summed E-state index contributed by atoms with van der Waals surface area (Å²) in [6, 6.07) is 5.59. The third kappa shape index (κ3) is 3.74. The highest BCUT2D eigenvalue weighted by Gasteiger charge is 2.13. The lowest BCUT2D eigenvalue weighted by Crippen LogP contribution is -2.14. The van der Waals surface area contributed by atoms with Crippen LogP contribution in [-0.2, 0) is 11.8 Å². The van der Waals surface area contributed by atoms with Crippen molar-refractivity contribution in [1.29, 1.82) is 0 Å². The Morgan fingerprint density at radius 2 is 2.04 bits per heavy atom. The molecule has 1 aromatic carbocycles. The summed E-state index contributed by atoms with van der Waals surface area (Å²) < 4.78 is 14.6. The second-order valence-electron chi connectivity index (χ2n) is 4.80. The SMILES string of the molecule is Cn1c(SCC(=O)Nc2ccc(F)cc2)nnc1-c1cnccn1. The summed E-state index contributed by atoms with van der Waals surface area (Å²) >= 11 is 1.25. The second-order valence-corrected chi connectivity index (χ2v) is 5.74. The predicted molar refractivity (Wildman–Crippen MR) is 87.8 cm³/mol. The maximum atomic E-state index is 12.8. The number of carbonyl (C=O) groups excluding carboxylic acids is 1. The van der Waals surface area contributed by atoms with E-state index in [1.165, 1.54) is 36.0 Å². The lowest BCUT2D eigenvalue weighted by Gasteiger charge is -2.05. The van der Waals surface area contributed by atoms with Crippen molar-refractivity contribution in [3.8, 4) is 11.5 Å². The highest BCUT2D eigenvalue weighted by molar-refractivity contribution is 7.99. The smallest absolute Gasteiger partial charge is 0.234 e. The number of thioether (sulfide) groups is 1. The lowest BCUT2D eigenvalue weighted by molar-refractivity contribution is -0.113. The Balaban J connectivity index is 1.62. The lowest BCUT2D eigenvalue weighted by atomic mass is 10.3. The molecule has 3 aromatic rings. The van der Waals surface area contributed by atoms with E-state index in [0.717, 1.165) is 0 Å². The molecule has 2 heterocycles. The molecule has 0 spiro atoms. The number of rotatable bonds is 5. The predicted octanol–water partition coefficient (Wildman–Crippen LogP) is 2.14. The number of aromatic nitrogens is 5. The van der Waals surface area contributed by atoms with Crippen molar-refractivity contribution in [2.45, 2.75) is 5.16 Å². The topological polar surface area (TPSA) is 85.6 Å². The van der Waals surface area contributed by atoms with Gasteiger partial charge in [-0.25, -0.2) is 9.37 Å². The van der Waals surface area contributed by atoms with Crippen LogP contribution >= 0.6 is 11.8 Å². The van der Waals surface area contributed by atoms with Crippen LogP contribution < -0.4 is 5.32 Å². The molecule has 3 rings (SSSR count). The summed E-state index contributed by atoms with van der Waals surface area (Å²) in [5.41, 5.74) is 1.15. The third-order valence-corrected chi connectivity index (χ3v) is 4.11. The fourth-order valence-electron chi connectivity index (χ4n) is 1.94. The molecule has 1 N–H and O–H groups in total. The van der Waals surface area contributed by atoms with Gasteiger partial charge >= 0.3 is 0 Å². The van der Waals surface area contributed by atoms with Crippen molar-refractivity contribution in [1.82, 2.24) is 24.7 Å². The molecule has 24 heavy (non-hydrogen) atoms. The largest absolute Gasteiger partial charge is 0.325 e. The van der Waals surface area contributed by atoms with Gasteiger partial charge in [-0.2, -0.15) is 0 Å². The Bertz CT molecular complexity index is 837. The van der Waals surface area contributed by atoms with Crippen molar-refractivity contribution >= 4 is 23.4 Å². The van der Waals surface area contributed by atoms with Gasteiger partial charge < -0.3 is 9.88 Å². The van der Waals surface area contributed by atoms with E-state index in [-0.39, 0.29) is 17.5 Å². The molecular weight excluding hydrogens is 331 g/mol. The van der Waals surface area contributed by atoms with Gasteiger partial charge in [0.2, 0.25) is 5.91 Å². The standard InChI is InChI=1S/C15H13FN6OS/c1-22-14(12-8-17-6-7-18-12)20-21-15(22)24-9-13(23)19-11-4-2-10(16)3-5-11/h2-8H,9H2,1H3,(H,19,23). The number of amides is 1. The summed E-state index contributed by atoms with van der Waals surface area (Å²) in [7, 11) is 1.80. The molecule has 7 nitrogen and oxygen atoms in total. The maximum Gasteiger partial charge on any atom is 0.234 e. The van der Waals surface area contributed by atoms with Crippen LogP contribution in [0.1, 0.15) is 0 Å². The van der Waals surface area contributed by atoms with Crippen molar-refractivity contribution in [2.24, 2.45) is 7.05 Å². The molecular formula is C15H13FN6OS. The van der Waals surface area contributed by atoms with Gasteiger partial charge in [0.15, 0.2) is 11.0 Å². The minimum Gasteiger partial charge on any atom is -0.325 e. The third-order valence-electron chi connectivity index (χ3n) is 3.09. The van der Waals surface area contributed by atoms with Gasteiger partial charge in [0, 0.05) is 25.1 Å². The molecule has 1 amide bonds. The molecule has 0 atom stereocenters. The second kappa shape index (κ2) is 7.18. The molecule has 0 aliphatic rings. The van der Waals surface area contributed by atoms with Crippen LogP contribution in [0.3, 0.4) is 0 Å². The van der Waals surface area contributed by atoms with Gasteiger partial charge in [-0.3, -0.25) is 9.78 Å². The molecule has 0 saturated carbocycles. The fourth-order valence-corrected chi connectivity index (χ4v) is 2.65. The molecule has 122 valence electrons. The highest BCUT2D eigenvalue weighted by atomic mass is 32.2. The summed E-state index contributed by atoms with van der Waals surface area (Å²) in [5.74, 6) is 0.169. The van der Waals surface area contributed by atoms with E-state index in [1.54, 1.807) is 30.2 Å². The van der Waals surface area contributed by atoms with Crippen molar-refractivity contribution in [3.63, 3.8) is 0 Å². The van der Waals surface area contributed by atoms with Crippen LogP contribution in [0.4, 0.5) is 10.1 Å². The number of hydrogen-bond acceptors (Lipinski definition) is 6. The Morgan fingerprint density at radius 3 is 2.75 bits per heavy atom. The van der Waals surface area contributed by atoms with E-state index in [9.17, 15) is 9.18 Å². The maximum absolute atomic E-state index is 12.8. The molecule has 0 aliphatic heterocycles. The van der Waals surface area contributed by atoms with Gasteiger partial charge in [0.05, 0.1) is 11.9 Å². The van der Waals surface area contributed by atoms with E-state index < -0.39 is 0 Å². The Morgan fingerprint density at radius 1 is 1.25 bits per heavy atom. The zero-order valence-corrected chi connectivity index (χ0v) is 13.5. The zero-order chi connectivity index (χ0) is 16.9. The van der Waals surface area contributed by atoms with Crippen molar-refractivity contribution < 1.29 is 9.18 Å². The first-order valence-electron chi connectivity index (χ1n) is 6.97. The Hall–Kier alpha value is -2.81. The quantitative estimate of drug-likeness (QED) is 0.714. The first kappa shape index (κ1) is 16.1. The van der Waals surface area contributed by atoms with Crippen LogP contribution in [0.15, 0.2) is 48.0 Å². The number of benzene rings is 1. The summed E-state index contributed by atoms with van der Waals surface area (Å²) in [6.07, 6.45) is 4.75. The van der Waals surface area contributed by atoms with Crippen LogP contribution in [0, 0.1) is 5.82 Å². The Kier molecular flexibility index (Phi) is 4.80. The average molecular weight is 344 g/mol. The van der Waals surface area contributed by atoms with E-state index in [0.29, 0.717) is 22.4 Å². The highest BCUT2D eigenvalue weighted by Crippen LogP contribution is 2.20. The summed E-state index contributed by atoms with van der Waals surface area (Å²) in [5, 5.41) is 11.4. The molecule has 0 fully saturated rings. The molecule has 0 aliphatic carbocycles. The van der Waals surface area contributed by atoms with E-state index >= 15 is 0 Å². The molecule has 0 unspecified atom stereocenters. The normalized spacial score (nSPS) is 10.6. The van der Waals surface area contributed by atoms with Crippen LogP contribution in [0.25, 0.3) is 11.5 Å². The van der Waals surface area contributed by atoms with E-state index in [1.807, 2.05) is 0 Å². The van der Waals surface area contributed by atoms with Gasteiger partial charge in [-0.15, -0.1) is 10.2 Å². The molecule has 0 radical (unpaired) electrons. The van der Waals surface area contributed by atoms with Gasteiger partial charge in [0.1, 0.15) is 11.5 Å². The first-order chi connectivity index (χ1) is 11.6. The van der Waals surface area contributed by atoms with Gasteiger partial charge in [0.25, 0.3) is 0 Å². The minimum absolute atomic E-state index is 0.157. The molecule has 2 aromatic heterocycles. The van der Waals surface area contributed by atoms with Crippen LogP contribution in [0.5, 0.6) is 0 Å². The van der Waals surface area contributed by atoms with Crippen LogP contribution in [0.2, 0.25) is 0 Å². The molecule has 9 heteroatoms. The number of carbonyl (C=O) groups is 1. The summed E-state index contributed by atoms with van der Waals surface area (Å²) in [6.45, 7) is 0. The molecule has 0 bridgehead atoms. The first-order valence-corrected chi connectivity index (χ1v) is 7.96. The van der Waals surface area contributed by atoms with Crippen molar-refractivity contribution in [3.05, 3.63) is 48.7 Å². The Labute approximate surface area is 141 Å². The number of nitrogens with zero attached hydrogens (tertiary/aromatic N) is 5. The number of halogens is 1. The van der Waals surface area contributed by atoms with E-state index in [2.05, 4.69) is 25.5 Å². The minimum atomic E-state index is -0.349. The van der Waals surface area contributed by atoms with Gasteiger partial charge in [-0.05, 0) is 24.3 Å².